The number of nitrogens with zero attached hydrogens (tertiary/aromatic N) is 2. The quantitative estimate of drug-likeness (QED) is 0.713. The molecule has 1 amide bonds. The Morgan fingerprint density at radius 1 is 1.32 bits per heavy atom. The van der Waals surface area contributed by atoms with E-state index in [2.05, 4.69) is 45.3 Å². The number of rotatable bonds is 7. The Morgan fingerprint density at radius 3 is 2.77 bits per heavy atom. The summed E-state index contributed by atoms with van der Waals surface area (Å²) in [6.07, 6.45) is 4.55. The second-order valence-electron chi connectivity index (χ2n) is 5.13. The van der Waals surface area contributed by atoms with Crippen molar-refractivity contribution in [2.45, 2.75) is 45.4 Å². The lowest BCUT2D eigenvalue weighted by molar-refractivity contribution is 0.102. The summed E-state index contributed by atoms with van der Waals surface area (Å²) < 4.78 is 0.770. The van der Waals surface area contributed by atoms with Crippen LogP contribution in [0.2, 0.25) is 0 Å². The molecule has 1 aromatic carbocycles. The minimum Gasteiger partial charge on any atom is -0.296 e. The third-order valence-corrected chi connectivity index (χ3v) is 5.22. The van der Waals surface area contributed by atoms with Gasteiger partial charge in [0.05, 0.1) is 5.56 Å². The minimum atomic E-state index is -0.170. The largest absolute Gasteiger partial charge is 0.296 e. The molecule has 0 saturated carbocycles. The number of halogens is 1. The number of unbranched alkanes of at least 4 members (excludes halogenated alkanes) is 1. The third-order valence-electron chi connectivity index (χ3n) is 3.53. The maximum atomic E-state index is 12.3. The molecule has 2 aromatic rings. The zero-order valence-electron chi connectivity index (χ0n) is 12.8. The molecular formula is C16H20BrN3OS. The van der Waals surface area contributed by atoms with Gasteiger partial charge in [-0.15, -0.1) is 10.2 Å². The van der Waals surface area contributed by atoms with Gasteiger partial charge in [0.1, 0.15) is 5.01 Å². The number of hydrogen-bond donors (Lipinski definition) is 1. The Hall–Kier alpha value is -1.27. The van der Waals surface area contributed by atoms with Crippen molar-refractivity contribution < 1.29 is 4.79 Å². The van der Waals surface area contributed by atoms with Crippen molar-refractivity contribution in [2.24, 2.45) is 0 Å². The van der Waals surface area contributed by atoms with Crippen LogP contribution in [0.5, 0.6) is 0 Å². The Balaban J connectivity index is 2.05. The molecule has 0 spiro atoms. The first-order valence-corrected chi connectivity index (χ1v) is 9.15. The summed E-state index contributed by atoms with van der Waals surface area (Å²) in [5, 5.41) is 12.8. The summed E-state index contributed by atoms with van der Waals surface area (Å²) in [4.78, 5) is 12.3. The lowest BCUT2D eigenvalue weighted by Crippen LogP contribution is -2.12. The Bertz CT molecular complexity index is 629. The van der Waals surface area contributed by atoms with Crippen molar-refractivity contribution in [2.75, 3.05) is 5.32 Å². The SMILES string of the molecule is CCCC[C@H](CC)c1nnc(NC(=O)c2ccccc2Br)s1. The van der Waals surface area contributed by atoms with Gasteiger partial charge >= 0.3 is 0 Å². The van der Waals surface area contributed by atoms with Gasteiger partial charge in [0.25, 0.3) is 5.91 Å². The first kappa shape index (κ1) is 17.1. The zero-order valence-corrected chi connectivity index (χ0v) is 15.2. The molecule has 0 aliphatic rings. The molecule has 0 unspecified atom stereocenters. The van der Waals surface area contributed by atoms with Gasteiger partial charge in [-0.1, -0.05) is 50.2 Å². The summed E-state index contributed by atoms with van der Waals surface area (Å²) in [6.45, 7) is 4.36. The number of carbonyl (C=O) groups excluding carboxylic acids is 1. The van der Waals surface area contributed by atoms with Gasteiger partial charge in [-0.3, -0.25) is 10.1 Å². The molecule has 1 heterocycles. The van der Waals surface area contributed by atoms with Crippen LogP contribution in [0.15, 0.2) is 28.7 Å². The molecule has 1 aromatic heterocycles. The van der Waals surface area contributed by atoms with E-state index >= 15 is 0 Å². The van der Waals surface area contributed by atoms with Crippen molar-refractivity contribution >= 4 is 38.3 Å². The smallest absolute Gasteiger partial charge is 0.258 e. The van der Waals surface area contributed by atoms with E-state index in [1.807, 2.05) is 18.2 Å². The fourth-order valence-corrected chi connectivity index (χ4v) is 3.63. The molecule has 0 aliphatic carbocycles. The van der Waals surface area contributed by atoms with E-state index in [0.29, 0.717) is 16.6 Å². The number of anilines is 1. The van der Waals surface area contributed by atoms with E-state index in [-0.39, 0.29) is 5.91 Å². The predicted octanol–water partition coefficient (Wildman–Crippen LogP) is 5.24. The number of aromatic nitrogens is 2. The van der Waals surface area contributed by atoms with Crippen LogP contribution in [0.1, 0.15) is 60.8 Å². The van der Waals surface area contributed by atoms with Crippen LogP contribution in [0, 0.1) is 0 Å². The van der Waals surface area contributed by atoms with Gasteiger partial charge in [0, 0.05) is 10.4 Å². The van der Waals surface area contributed by atoms with E-state index < -0.39 is 0 Å². The number of carbonyl (C=O) groups is 1. The summed E-state index contributed by atoms with van der Waals surface area (Å²) in [5.74, 6) is 0.267. The fraction of sp³-hybridized carbons (Fsp3) is 0.438. The van der Waals surface area contributed by atoms with Crippen molar-refractivity contribution in [3.05, 3.63) is 39.3 Å². The minimum absolute atomic E-state index is 0.170. The molecule has 2 rings (SSSR count). The van der Waals surface area contributed by atoms with Crippen molar-refractivity contribution in [1.82, 2.24) is 10.2 Å². The maximum Gasteiger partial charge on any atom is 0.258 e. The Labute approximate surface area is 143 Å². The highest BCUT2D eigenvalue weighted by Gasteiger charge is 2.17. The Morgan fingerprint density at radius 2 is 2.09 bits per heavy atom. The molecule has 118 valence electrons. The summed E-state index contributed by atoms with van der Waals surface area (Å²) in [5.41, 5.74) is 0.595. The first-order chi connectivity index (χ1) is 10.7. The number of nitrogens with one attached hydrogen (secondary N) is 1. The first-order valence-electron chi connectivity index (χ1n) is 7.55. The van der Waals surface area contributed by atoms with E-state index in [4.69, 9.17) is 0 Å². The second-order valence-corrected chi connectivity index (χ2v) is 6.99. The third kappa shape index (κ3) is 4.36. The van der Waals surface area contributed by atoms with Crippen LogP contribution in [0.3, 0.4) is 0 Å². The van der Waals surface area contributed by atoms with Crippen molar-refractivity contribution in [3.63, 3.8) is 0 Å². The van der Waals surface area contributed by atoms with Crippen LogP contribution in [0.4, 0.5) is 5.13 Å². The predicted molar refractivity (Wildman–Crippen MR) is 94.6 cm³/mol. The fourth-order valence-electron chi connectivity index (χ4n) is 2.21. The van der Waals surface area contributed by atoms with Crippen molar-refractivity contribution in [3.8, 4) is 0 Å². The molecule has 0 bridgehead atoms. The highest BCUT2D eigenvalue weighted by molar-refractivity contribution is 9.10. The van der Waals surface area contributed by atoms with Crippen LogP contribution in [-0.2, 0) is 0 Å². The number of amides is 1. The molecule has 0 radical (unpaired) electrons. The van der Waals surface area contributed by atoms with Gasteiger partial charge in [-0.05, 0) is 40.9 Å². The van der Waals surface area contributed by atoms with E-state index in [9.17, 15) is 4.79 Å². The standard InChI is InChI=1S/C16H20BrN3OS/c1-3-5-8-11(4-2)15-19-20-16(22-15)18-14(21)12-9-6-7-10-13(12)17/h6-7,9-11H,3-5,8H2,1-2H3,(H,18,20,21)/t11-/m0/s1. The van der Waals surface area contributed by atoms with Crippen molar-refractivity contribution in [1.29, 1.82) is 0 Å². The monoisotopic (exact) mass is 381 g/mol. The topological polar surface area (TPSA) is 54.9 Å². The number of benzene rings is 1. The van der Waals surface area contributed by atoms with Crippen LogP contribution in [-0.4, -0.2) is 16.1 Å². The second kappa shape index (κ2) is 8.39. The molecular weight excluding hydrogens is 362 g/mol. The van der Waals surface area contributed by atoms with Crippen LogP contribution in [0.25, 0.3) is 0 Å². The Kier molecular flexibility index (Phi) is 6.51. The van der Waals surface area contributed by atoms with E-state index in [1.54, 1.807) is 6.07 Å². The molecule has 0 aliphatic heterocycles. The molecule has 4 nitrogen and oxygen atoms in total. The molecule has 6 heteroatoms. The van der Waals surface area contributed by atoms with Gasteiger partial charge in [0.2, 0.25) is 5.13 Å². The zero-order chi connectivity index (χ0) is 15.9. The average Bonchev–Trinajstić information content (AvgIpc) is 2.97. The van der Waals surface area contributed by atoms with Gasteiger partial charge < -0.3 is 0 Å². The lowest BCUT2D eigenvalue weighted by atomic mass is 10.0. The molecule has 1 N–H and O–H groups in total. The van der Waals surface area contributed by atoms with Gasteiger partial charge in [-0.2, -0.15) is 0 Å². The maximum absolute atomic E-state index is 12.3. The highest BCUT2D eigenvalue weighted by atomic mass is 79.9. The molecule has 1 atom stereocenters. The molecule has 0 fully saturated rings. The van der Waals surface area contributed by atoms with Crippen LogP contribution < -0.4 is 5.32 Å². The summed E-state index contributed by atoms with van der Waals surface area (Å²) in [7, 11) is 0. The number of hydrogen-bond acceptors (Lipinski definition) is 4. The van der Waals surface area contributed by atoms with E-state index in [0.717, 1.165) is 22.3 Å². The highest BCUT2D eigenvalue weighted by Crippen LogP contribution is 2.30. The molecule has 0 saturated heterocycles. The summed E-state index contributed by atoms with van der Waals surface area (Å²) >= 11 is 4.86. The van der Waals surface area contributed by atoms with E-state index in [1.165, 1.54) is 24.2 Å². The van der Waals surface area contributed by atoms with Crippen LogP contribution >= 0.6 is 27.3 Å². The summed E-state index contributed by atoms with van der Waals surface area (Å²) in [6, 6.07) is 7.34. The normalized spacial score (nSPS) is 12.1. The van der Waals surface area contributed by atoms with Gasteiger partial charge in [0.15, 0.2) is 0 Å². The average molecular weight is 382 g/mol. The molecule has 22 heavy (non-hydrogen) atoms. The van der Waals surface area contributed by atoms with Gasteiger partial charge in [-0.25, -0.2) is 0 Å². The lowest BCUT2D eigenvalue weighted by Gasteiger charge is -2.09.